The van der Waals surface area contributed by atoms with E-state index in [1.165, 1.54) is 12.1 Å². The number of allylic oxidation sites excluding steroid dienone is 2. The van der Waals surface area contributed by atoms with Gasteiger partial charge >= 0.3 is 0 Å². The third-order valence-electron chi connectivity index (χ3n) is 3.24. The molecule has 0 bridgehead atoms. The van der Waals surface area contributed by atoms with E-state index in [4.69, 9.17) is 0 Å². The highest BCUT2D eigenvalue weighted by Gasteiger charge is 2.23. The van der Waals surface area contributed by atoms with E-state index in [-0.39, 0.29) is 11.6 Å². The number of rotatable bonds is 2. The highest BCUT2D eigenvalue weighted by molar-refractivity contribution is 6.22. The fourth-order valence-electron chi connectivity index (χ4n) is 2.27. The molecule has 17 heavy (non-hydrogen) atoms. The predicted molar refractivity (Wildman–Crippen MR) is 65.9 cm³/mol. The van der Waals surface area contributed by atoms with Crippen LogP contribution < -0.4 is 0 Å². The minimum absolute atomic E-state index is 0.152. The molecule has 1 aromatic rings. The summed E-state index contributed by atoms with van der Waals surface area (Å²) in [6, 6.07) is 6.14. The van der Waals surface area contributed by atoms with Crippen LogP contribution in [0.5, 0.6) is 0 Å². The van der Waals surface area contributed by atoms with Crippen molar-refractivity contribution in [2.24, 2.45) is 0 Å². The van der Waals surface area contributed by atoms with Crippen molar-refractivity contribution in [3.05, 3.63) is 41.3 Å². The number of halogens is 1. The minimum atomic E-state index is -0.275. The zero-order valence-corrected chi connectivity index (χ0v) is 10.2. The summed E-state index contributed by atoms with van der Waals surface area (Å²) in [6.07, 6.45) is 0.540. The lowest BCUT2D eigenvalue weighted by molar-refractivity contribution is -0.114. The van der Waals surface area contributed by atoms with Crippen molar-refractivity contribution in [1.82, 2.24) is 4.90 Å². The van der Waals surface area contributed by atoms with Crippen LogP contribution >= 0.6 is 0 Å². The second-order valence-electron chi connectivity index (χ2n) is 4.22. The van der Waals surface area contributed by atoms with Crippen LogP contribution in [0.4, 0.5) is 4.39 Å². The van der Waals surface area contributed by atoms with E-state index in [0.717, 1.165) is 29.9 Å². The zero-order valence-electron chi connectivity index (χ0n) is 10.2. The van der Waals surface area contributed by atoms with Crippen LogP contribution in [0.25, 0.3) is 5.57 Å². The van der Waals surface area contributed by atoms with Crippen molar-refractivity contribution < 1.29 is 9.18 Å². The number of Topliss-reactive ketones (excluding diaryl/α,β-unsaturated/α-hetero) is 1. The first-order valence-electron chi connectivity index (χ1n) is 5.88. The summed E-state index contributed by atoms with van der Waals surface area (Å²) in [5.41, 5.74) is 2.54. The molecule has 90 valence electrons. The molecule has 1 aliphatic heterocycles. The van der Waals surface area contributed by atoms with Crippen molar-refractivity contribution >= 4 is 11.4 Å². The fourth-order valence-corrected chi connectivity index (χ4v) is 2.27. The maximum Gasteiger partial charge on any atom is 0.166 e. The first-order chi connectivity index (χ1) is 8.13. The summed E-state index contributed by atoms with van der Waals surface area (Å²) in [5, 5.41) is 0. The molecule has 0 radical (unpaired) electrons. The number of carbonyl (C=O) groups excluding carboxylic acids is 1. The van der Waals surface area contributed by atoms with Crippen molar-refractivity contribution in [2.45, 2.75) is 20.3 Å². The van der Waals surface area contributed by atoms with E-state index in [9.17, 15) is 9.18 Å². The van der Waals surface area contributed by atoms with Crippen LogP contribution in [0.1, 0.15) is 25.8 Å². The average Bonchev–Trinajstić information content (AvgIpc) is 2.32. The number of carbonyl (C=O) groups is 1. The normalized spacial score (nSPS) is 16.6. The van der Waals surface area contributed by atoms with Gasteiger partial charge in [-0.3, -0.25) is 4.79 Å². The van der Waals surface area contributed by atoms with Gasteiger partial charge in [-0.2, -0.15) is 0 Å². The second-order valence-corrected chi connectivity index (χ2v) is 4.22. The van der Waals surface area contributed by atoms with Crippen molar-refractivity contribution in [3.8, 4) is 0 Å². The fraction of sp³-hybridized carbons (Fsp3) is 0.357. The van der Waals surface area contributed by atoms with Gasteiger partial charge < -0.3 is 4.90 Å². The standard InChI is InChI=1S/C14H16FNO/c1-3-16-9-8-13(17)14(10(16)2)11-4-6-12(15)7-5-11/h4-7H,3,8-9H2,1-2H3. The van der Waals surface area contributed by atoms with Gasteiger partial charge in [0.15, 0.2) is 5.78 Å². The van der Waals surface area contributed by atoms with E-state index in [1.807, 2.05) is 6.92 Å². The smallest absolute Gasteiger partial charge is 0.166 e. The molecule has 0 saturated heterocycles. The number of hydrogen-bond acceptors (Lipinski definition) is 2. The molecule has 0 amide bonds. The third kappa shape index (κ3) is 2.23. The summed E-state index contributed by atoms with van der Waals surface area (Å²) < 4.78 is 12.9. The Labute approximate surface area is 101 Å². The van der Waals surface area contributed by atoms with Gasteiger partial charge in [-0.15, -0.1) is 0 Å². The maximum atomic E-state index is 12.9. The van der Waals surface area contributed by atoms with Gasteiger partial charge in [-0.25, -0.2) is 4.39 Å². The first kappa shape index (κ1) is 11.8. The van der Waals surface area contributed by atoms with Crippen LogP contribution in [0.2, 0.25) is 0 Å². The summed E-state index contributed by atoms with van der Waals surface area (Å²) >= 11 is 0. The Hall–Kier alpha value is -1.64. The molecule has 0 aliphatic carbocycles. The summed E-state index contributed by atoms with van der Waals surface area (Å²) in [5.74, 6) is -0.124. The quantitative estimate of drug-likeness (QED) is 0.783. The molecule has 1 aromatic carbocycles. The van der Waals surface area contributed by atoms with Crippen LogP contribution in [0.15, 0.2) is 30.0 Å². The van der Waals surface area contributed by atoms with Gasteiger partial charge in [0, 0.05) is 30.8 Å². The largest absolute Gasteiger partial charge is 0.374 e. The zero-order chi connectivity index (χ0) is 12.4. The Bertz CT molecular complexity index is 462. The van der Waals surface area contributed by atoms with E-state index >= 15 is 0 Å². The van der Waals surface area contributed by atoms with Crippen molar-refractivity contribution in [3.63, 3.8) is 0 Å². The lowest BCUT2D eigenvalue weighted by atomic mass is 9.94. The topological polar surface area (TPSA) is 20.3 Å². The Morgan fingerprint density at radius 3 is 2.53 bits per heavy atom. The molecular weight excluding hydrogens is 217 g/mol. The van der Waals surface area contributed by atoms with Crippen LogP contribution in [-0.2, 0) is 4.79 Å². The number of nitrogens with zero attached hydrogens (tertiary/aromatic N) is 1. The molecule has 1 aliphatic rings. The summed E-state index contributed by atoms with van der Waals surface area (Å²) in [7, 11) is 0. The molecule has 2 nitrogen and oxygen atoms in total. The highest BCUT2D eigenvalue weighted by atomic mass is 19.1. The molecule has 1 heterocycles. The van der Waals surface area contributed by atoms with Gasteiger partial charge in [0.1, 0.15) is 5.82 Å². The molecule has 0 unspecified atom stereocenters. The molecule has 0 spiro atoms. The van der Waals surface area contributed by atoms with E-state index in [2.05, 4.69) is 11.8 Å². The third-order valence-corrected chi connectivity index (χ3v) is 3.24. The Morgan fingerprint density at radius 2 is 1.94 bits per heavy atom. The SMILES string of the molecule is CCN1CCC(=O)C(c2ccc(F)cc2)=C1C. The average molecular weight is 233 g/mol. The predicted octanol–water partition coefficient (Wildman–Crippen LogP) is 2.85. The molecule has 0 N–H and O–H groups in total. The van der Waals surface area contributed by atoms with Crippen LogP contribution in [0.3, 0.4) is 0 Å². The molecule has 0 fully saturated rings. The van der Waals surface area contributed by atoms with Gasteiger partial charge in [0.25, 0.3) is 0 Å². The maximum absolute atomic E-state index is 12.9. The number of ketones is 1. The monoisotopic (exact) mass is 233 g/mol. The minimum Gasteiger partial charge on any atom is -0.374 e. The van der Waals surface area contributed by atoms with E-state index in [0.29, 0.717) is 6.42 Å². The lowest BCUT2D eigenvalue weighted by Crippen LogP contribution is -2.31. The van der Waals surface area contributed by atoms with Gasteiger partial charge in [0.05, 0.1) is 0 Å². The van der Waals surface area contributed by atoms with Crippen LogP contribution in [0, 0.1) is 5.82 Å². The lowest BCUT2D eigenvalue weighted by Gasteiger charge is -2.30. The summed E-state index contributed by atoms with van der Waals surface area (Å²) in [4.78, 5) is 14.2. The van der Waals surface area contributed by atoms with E-state index < -0.39 is 0 Å². The first-order valence-corrected chi connectivity index (χ1v) is 5.88. The second kappa shape index (κ2) is 4.70. The van der Waals surface area contributed by atoms with Crippen molar-refractivity contribution in [1.29, 1.82) is 0 Å². The van der Waals surface area contributed by atoms with Gasteiger partial charge in [-0.1, -0.05) is 12.1 Å². The van der Waals surface area contributed by atoms with Gasteiger partial charge in [-0.05, 0) is 31.5 Å². The molecule has 0 aromatic heterocycles. The van der Waals surface area contributed by atoms with Crippen LogP contribution in [-0.4, -0.2) is 23.8 Å². The molecular formula is C14H16FNO. The number of hydrogen-bond donors (Lipinski definition) is 0. The number of benzene rings is 1. The van der Waals surface area contributed by atoms with E-state index in [1.54, 1.807) is 12.1 Å². The Morgan fingerprint density at radius 1 is 1.29 bits per heavy atom. The Balaban J connectivity index is 2.46. The molecule has 0 saturated carbocycles. The van der Waals surface area contributed by atoms with Crippen molar-refractivity contribution in [2.75, 3.05) is 13.1 Å². The molecule has 2 rings (SSSR count). The summed E-state index contributed by atoms with van der Waals surface area (Å²) in [6.45, 7) is 5.70. The highest BCUT2D eigenvalue weighted by Crippen LogP contribution is 2.27. The molecule has 3 heteroatoms. The molecule has 0 atom stereocenters. The van der Waals surface area contributed by atoms with Gasteiger partial charge in [0.2, 0.25) is 0 Å². The Kier molecular flexibility index (Phi) is 3.27.